The molecule has 6 heteroatoms. The number of carbonyl (C=O) groups excluding carboxylic acids is 2. The highest BCUT2D eigenvalue weighted by Gasteiger charge is 2.23. The summed E-state index contributed by atoms with van der Waals surface area (Å²) in [5.41, 5.74) is 2.64. The summed E-state index contributed by atoms with van der Waals surface area (Å²) in [6.07, 6.45) is 1.60. The molecule has 0 unspecified atom stereocenters. The highest BCUT2D eigenvalue weighted by molar-refractivity contribution is 7.80. The van der Waals surface area contributed by atoms with Gasteiger partial charge in [-0.2, -0.15) is 0 Å². The molecule has 0 saturated heterocycles. The van der Waals surface area contributed by atoms with Crippen LogP contribution in [0.4, 0.5) is 5.69 Å². The first kappa shape index (κ1) is 21.9. The molecule has 3 rings (SSSR count). The maximum absolute atomic E-state index is 13.2. The Labute approximate surface area is 187 Å². The van der Waals surface area contributed by atoms with Crippen LogP contribution in [0.3, 0.4) is 0 Å². The number of rotatable bonds is 7. The Hall–Kier alpha value is -3.77. The van der Waals surface area contributed by atoms with Gasteiger partial charge < -0.3 is 16.0 Å². The Morgan fingerprint density at radius 1 is 0.871 bits per heavy atom. The van der Waals surface area contributed by atoms with Crippen molar-refractivity contribution in [3.8, 4) is 0 Å². The molecule has 0 aliphatic heterocycles. The van der Waals surface area contributed by atoms with Gasteiger partial charge in [-0.05, 0) is 35.5 Å². The minimum absolute atomic E-state index is 0.117. The van der Waals surface area contributed by atoms with Crippen molar-refractivity contribution in [2.75, 3.05) is 11.9 Å². The van der Waals surface area contributed by atoms with Crippen LogP contribution in [0.2, 0.25) is 0 Å². The molecule has 3 aromatic carbocycles. The fourth-order valence-corrected chi connectivity index (χ4v) is 3.38. The lowest BCUT2D eigenvalue weighted by molar-refractivity contribution is -0.120. The molecule has 0 radical (unpaired) electrons. The predicted molar refractivity (Wildman–Crippen MR) is 128 cm³/mol. The van der Waals surface area contributed by atoms with Gasteiger partial charge in [0.25, 0.3) is 5.91 Å². The second-order valence-electron chi connectivity index (χ2n) is 6.74. The molecule has 0 heterocycles. The molecule has 31 heavy (non-hydrogen) atoms. The zero-order valence-electron chi connectivity index (χ0n) is 16.9. The molecule has 0 atom stereocenters. The van der Waals surface area contributed by atoms with Crippen LogP contribution in [-0.4, -0.2) is 23.5 Å². The molecule has 0 aromatic heterocycles. The van der Waals surface area contributed by atoms with Gasteiger partial charge in [0.2, 0.25) is 5.91 Å². The van der Waals surface area contributed by atoms with Crippen LogP contribution in [0, 0.1) is 0 Å². The first-order valence-electron chi connectivity index (χ1n) is 9.80. The second kappa shape index (κ2) is 10.8. The molecule has 3 aromatic rings. The molecule has 0 fully saturated rings. The van der Waals surface area contributed by atoms with E-state index in [1.165, 1.54) is 0 Å². The Kier molecular flexibility index (Phi) is 7.67. The van der Waals surface area contributed by atoms with Gasteiger partial charge in [-0.15, -0.1) is 6.58 Å². The van der Waals surface area contributed by atoms with Crippen molar-refractivity contribution >= 4 is 34.8 Å². The smallest absolute Gasteiger partial charge is 0.253 e. The first-order valence-corrected chi connectivity index (χ1v) is 10.2. The maximum atomic E-state index is 13.2. The minimum Gasteiger partial charge on any atom is -0.349 e. The highest BCUT2D eigenvalue weighted by Crippen LogP contribution is 2.25. The summed E-state index contributed by atoms with van der Waals surface area (Å²) in [5, 5.41) is 8.59. The standard InChI is InChI=1S/C25H23N3O2S/c1-2-17-26-23(29)20-15-9-10-16-21(20)27-25(31)28-24(30)22(18-11-5-3-6-12-18)19-13-7-4-8-14-19/h2-16,22H,1,17H2,(H,26,29)(H2,27,28,30,31). The van der Waals surface area contributed by atoms with Crippen LogP contribution in [-0.2, 0) is 4.79 Å². The number of hydrogen-bond acceptors (Lipinski definition) is 3. The second-order valence-corrected chi connectivity index (χ2v) is 7.15. The van der Waals surface area contributed by atoms with E-state index in [9.17, 15) is 9.59 Å². The van der Waals surface area contributed by atoms with E-state index in [1.54, 1.807) is 30.3 Å². The summed E-state index contributed by atoms with van der Waals surface area (Å²) < 4.78 is 0. The lowest BCUT2D eigenvalue weighted by atomic mass is 9.90. The van der Waals surface area contributed by atoms with E-state index in [1.807, 2.05) is 60.7 Å². The molecular formula is C25H23N3O2S. The van der Waals surface area contributed by atoms with E-state index >= 15 is 0 Å². The number of amides is 2. The monoisotopic (exact) mass is 429 g/mol. The number of benzene rings is 3. The molecule has 0 bridgehead atoms. The Morgan fingerprint density at radius 2 is 1.42 bits per heavy atom. The topological polar surface area (TPSA) is 70.2 Å². The van der Waals surface area contributed by atoms with Crippen molar-refractivity contribution in [1.29, 1.82) is 0 Å². The predicted octanol–water partition coefficient (Wildman–Crippen LogP) is 4.25. The number of hydrogen-bond donors (Lipinski definition) is 3. The molecule has 3 N–H and O–H groups in total. The van der Waals surface area contributed by atoms with E-state index in [0.29, 0.717) is 17.8 Å². The summed E-state index contributed by atoms with van der Waals surface area (Å²) in [6, 6.07) is 26.0. The average Bonchev–Trinajstić information content (AvgIpc) is 2.79. The summed E-state index contributed by atoms with van der Waals surface area (Å²) >= 11 is 5.37. The molecular weight excluding hydrogens is 406 g/mol. The van der Waals surface area contributed by atoms with Crippen LogP contribution in [0.5, 0.6) is 0 Å². The molecule has 0 aliphatic rings. The Balaban J connectivity index is 1.77. The van der Waals surface area contributed by atoms with Crippen molar-refractivity contribution < 1.29 is 9.59 Å². The summed E-state index contributed by atoms with van der Waals surface area (Å²) in [5.74, 6) is -1.04. The largest absolute Gasteiger partial charge is 0.349 e. The third-order valence-corrected chi connectivity index (χ3v) is 4.80. The number of carbonyl (C=O) groups is 2. The Morgan fingerprint density at radius 3 is 2.00 bits per heavy atom. The zero-order chi connectivity index (χ0) is 22.1. The van der Waals surface area contributed by atoms with Gasteiger partial charge in [-0.3, -0.25) is 9.59 Å². The fourth-order valence-electron chi connectivity index (χ4n) is 3.17. The van der Waals surface area contributed by atoms with Crippen molar-refractivity contribution in [2.45, 2.75) is 5.92 Å². The van der Waals surface area contributed by atoms with Crippen molar-refractivity contribution in [1.82, 2.24) is 10.6 Å². The van der Waals surface area contributed by atoms with Crippen LogP contribution in [0.25, 0.3) is 0 Å². The van der Waals surface area contributed by atoms with E-state index in [-0.39, 0.29) is 16.9 Å². The van der Waals surface area contributed by atoms with Crippen LogP contribution >= 0.6 is 12.2 Å². The fraction of sp³-hybridized carbons (Fsp3) is 0.0800. The van der Waals surface area contributed by atoms with E-state index in [0.717, 1.165) is 11.1 Å². The Bertz CT molecular complexity index is 1030. The van der Waals surface area contributed by atoms with Gasteiger partial charge in [0.1, 0.15) is 0 Å². The summed E-state index contributed by atoms with van der Waals surface area (Å²) in [4.78, 5) is 25.6. The van der Waals surface area contributed by atoms with E-state index in [2.05, 4.69) is 22.5 Å². The number of anilines is 1. The molecule has 0 spiro atoms. The lowest BCUT2D eigenvalue weighted by Crippen LogP contribution is -2.38. The average molecular weight is 430 g/mol. The lowest BCUT2D eigenvalue weighted by Gasteiger charge is -2.19. The van der Waals surface area contributed by atoms with Gasteiger partial charge in [0.15, 0.2) is 5.11 Å². The summed E-state index contributed by atoms with van der Waals surface area (Å²) in [6.45, 7) is 3.95. The van der Waals surface area contributed by atoms with Crippen molar-refractivity contribution in [2.24, 2.45) is 0 Å². The SMILES string of the molecule is C=CCNC(=O)c1ccccc1NC(=S)NC(=O)C(c1ccccc1)c1ccccc1. The van der Waals surface area contributed by atoms with Gasteiger partial charge in [-0.25, -0.2) is 0 Å². The normalized spacial score (nSPS) is 10.2. The quantitative estimate of drug-likeness (QED) is 0.388. The zero-order valence-corrected chi connectivity index (χ0v) is 17.7. The minimum atomic E-state index is -0.520. The van der Waals surface area contributed by atoms with E-state index in [4.69, 9.17) is 12.2 Å². The van der Waals surface area contributed by atoms with Gasteiger partial charge in [0.05, 0.1) is 17.2 Å². The van der Waals surface area contributed by atoms with Gasteiger partial charge in [0, 0.05) is 6.54 Å². The molecule has 0 aliphatic carbocycles. The number of para-hydroxylation sites is 1. The van der Waals surface area contributed by atoms with Crippen LogP contribution < -0.4 is 16.0 Å². The third kappa shape index (κ3) is 5.87. The van der Waals surface area contributed by atoms with Gasteiger partial charge in [-0.1, -0.05) is 78.9 Å². The van der Waals surface area contributed by atoms with E-state index < -0.39 is 5.92 Å². The van der Waals surface area contributed by atoms with Crippen molar-refractivity contribution in [3.63, 3.8) is 0 Å². The highest BCUT2D eigenvalue weighted by atomic mass is 32.1. The molecule has 5 nitrogen and oxygen atoms in total. The summed E-state index contributed by atoms with van der Waals surface area (Å²) in [7, 11) is 0. The maximum Gasteiger partial charge on any atom is 0.253 e. The number of thiocarbonyl (C=S) groups is 1. The molecule has 2 amide bonds. The van der Waals surface area contributed by atoms with Crippen molar-refractivity contribution in [3.05, 3.63) is 114 Å². The van der Waals surface area contributed by atoms with Crippen LogP contribution in [0.15, 0.2) is 97.6 Å². The molecule has 0 saturated carbocycles. The van der Waals surface area contributed by atoms with Crippen LogP contribution in [0.1, 0.15) is 27.4 Å². The third-order valence-electron chi connectivity index (χ3n) is 4.59. The number of nitrogens with one attached hydrogen (secondary N) is 3. The molecule has 156 valence electrons. The first-order chi connectivity index (χ1) is 15.1. The van der Waals surface area contributed by atoms with Gasteiger partial charge >= 0.3 is 0 Å².